The summed E-state index contributed by atoms with van der Waals surface area (Å²) < 4.78 is 5.81. The number of hydrogen-bond acceptors (Lipinski definition) is 3. The number of hydrogen-bond donors (Lipinski definition) is 2. The molecule has 3 N–H and O–H groups in total. The monoisotopic (exact) mass is 292 g/mol. The zero-order valence-corrected chi connectivity index (χ0v) is 13.7. The molecule has 2 unspecified atom stereocenters. The number of nitrogens with one attached hydrogen (secondary N) is 1. The lowest BCUT2D eigenvalue weighted by Gasteiger charge is -2.35. The fraction of sp³-hybridized carbons (Fsp3) is 0.706. The molecule has 4 nitrogen and oxygen atoms in total. The molecule has 118 valence electrons. The van der Waals surface area contributed by atoms with Gasteiger partial charge in [-0.25, -0.2) is 0 Å². The van der Waals surface area contributed by atoms with E-state index in [0.717, 1.165) is 42.8 Å². The summed E-state index contributed by atoms with van der Waals surface area (Å²) in [5, 5.41) is 3.20. The van der Waals surface area contributed by atoms with Crippen LogP contribution in [0.2, 0.25) is 0 Å². The van der Waals surface area contributed by atoms with Crippen molar-refractivity contribution in [1.29, 1.82) is 0 Å². The van der Waals surface area contributed by atoms with Gasteiger partial charge in [0.2, 0.25) is 5.91 Å². The Morgan fingerprint density at radius 2 is 2.29 bits per heavy atom. The van der Waals surface area contributed by atoms with Gasteiger partial charge in [-0.05, 0) is 31.2 Å². The first-order valence-corrected chi connectivity index (χ1v) is 7.96. The first-order valence-electron chi connectivity index (χ1n) is 7.96. The first kappa shape index (κ1) is 16.1. The average molecular weight is 292 g/mol. The molecule has 0 radical (unpaired) electrons. The molecule has 0 fully saturated rings. The maximum Gasteiger partial charge on any atom is 0.224 e. The van der Waals surface area contributed by atoms with Gasteiger partial charge in [0.1, 0.15) is 11.5 Å². The molecule has 0 aromatic carbocycles. The highest BCUT2D eigenvalue weighted by molar-refractivity contribution is 5.79. The number of nitrogens with two attached hydrogens (primary N) is 1. The van der Waals surface area contributed by atoms with Crippen molar-refractivity contribution in [2.45, 2.75) is 59.4 Å². The largest absolute Gasteiger partial charge is 0.466 e. The van der Waals surface area contributed by atoms with Crippen LogP contribution in [0.3, 0.4) is 0 Å². The molecule has 1 aromatic rings. The summed E-state index contributed by atoms with van der Waals surface area (Å²) in [5.41, 5.74) is 7.02. The first-order chi connectivity index (χ1) is 9.86. The van der Waals surface area contributed by atoms with Gasteiger partial charge in [0, 0.05) is 18.5 Å². The van der Waals surface area contributed by atoms with Gasteiger partial charge in [0.15, 0.2) is 0 Å². The molecule has 0 aliphatic heterocycles. The molecular formula is C17H28N2O2. The number of carbonyl (C=O) groups excluding carboxylic acids is 1. The highest BCUT2D eigenvalue weighted by atomic mass is 16.3. The van der Waals surface area contributed by atoms with E-state index in [1.54, 1.807) is 0 Å². The summed E-state index contributed by atoms with van der Waals surface area (Å²) in [6, 6.07) is 2.10. The third kappa shape index (κ3) is 3.67. The Bertz CT molecular complexity index is 505. The van der Waals surface area contributed by atoms with Crippen LogP contribution in [0.5, 0.6) is 0 Å². The van der Waals surface area contributed by atoms with E-state index < -0.39 is 0 Å². The average Bonchev–Trinajstić information content (AvgIpc) is 2.74. The lowest BCUT2D eigenvalue weighted by Crippen LogP contribution is -2.40. The molecule has 1 heterocycles. The van der Waals surface area contributed by atoms with E-state index in [-0.39, 0.29) is 23.3 Å². The third-order valence-electron chi connectivity index (χ3n) is 4.35. The topological polar surface area (TPSA) is 68.3 Å². The van der Waals surface area contributed by atoms with Gasteiger partial charge < -0.3 is 15.5 Å². The number of aryl methyl sites for hydroxylation is 1. The van der Waals surface area contributed by atoms with Gasteiger partial charge in [0.25, 0.3) is 0 Å². The van der Waals surface area contributed by atoms with E-state index in [4.69, 9.17) is 10.2 Å². The number of fused-ring (bicyclic) bond motifs is 1. The van der Waals surface area contributed by atoms with E-state index in [1.807, 2.05) is 6.92 Å². The molecule has 0 spiro atoms. The Kier molecular flexibility index (Phi) is 4.77. The normalized spacial score (nSPS) is 21.7. The lowest BCUT2D eigenvalue weighted by molar-refractivity contribution is -0.126. The fourth-order valence-electron chi connectivity index (χ4n) is 3.31. The van der Waals surface area contributed by atoms with E-state index in [9.17, 15) is 4.79 Å². The van der Waals surface area contributed by atoms with Crippen LogP contribution < -0.4 is 11.1 Å². The zero-order valence-electron chi connectivity index (χ0n) is 13.7. The molecule has 1 amide bonds. The van der Waals surface area contributed by atoms with Crippen molar-refractivity contribution in [3.63, 3.8) is 0 Å². The van der Waals surface area contributed by atoms with Gasteiger partial charge in [-0.1, -0.05) is 27.2 Å². The quantitative estimate of drug-likeness (QED) is 0.876. The van der Waals surface area contributed by atoms with Crippen LogP contribution in [0.25, 0.3) is 0 Å². The maximum atomic E-state index is 12.4. The van der Waals surface area contributed by atoms with Gasteiger partial charge in [0.05, 0.1) is 12.0 Å². The van der Waals surface area contributed by atoms with Gasteiger partial charge in [-0.2, -0.15) is 0 Å². The minimum absolute atomic E-state index is 0.0413. The number of carbonyl (C=O) groups is 1. The van der Waals surface area contributed by atoms with Crippen LogP contribution >= 0.6 is 0 Å². The second-order valence-corrected chi connectivity index (χ2v) is 7.06. The number of amides is 1. The molecule has 4 heteroatoms. The lowest BCUT2D eigenvalue weighted by atomic mass is 9.74. The van der Waals surface area contributed by atoms with Crippen molar-refractivity contribution in [1.82, 2.24) is 5.32 Å². The van der Waals surface area contributed by atoms with Crippen molar-refractivity contribution >= 4 is 5.91 Å². The molecule has 0 bridgehead atoms. The summed E-state index contributed by atoms with van der Waals surface area (Å²) in [4.78, 5) is 12.4. The summed E-state index contributed by atoms with van der Waals surface area (Å²) in [6.07, 6.45) is 3.68. The second-order valence-electron chi connectivity index (χ2n) is 7.06. The molecule has 2 atom stereocenters. The van der Waals surface area contributed by atoms with Gasteiger partial charge >= 0.3 is 0 Å². The Hall–Kier alpha value is -1.29. The van der Waals surface area contributed by atoms with Crippen molar-refractivity contribution in [3.8, 4) is 0 Å². The van der Waals surface area contributed by atoms with Gasteiger partial charge in [-0.3, -0.25) is 4.79 Å². The summed E-state index contributed by atoms with van der Waals surface area (Å²) in [7, 11) is 0. The van der Waals surface area contributed by atoms with Crippen molar-refractivity contribution in [3.05, 3.63) is 23.2 Å². The Balaban J connectivity index is 2.17. The standard InChI is InChI=1S/C17H28N2O2/c1-5-6-12(10-18)16(20)19-14-8-17(3,4)9-15-13(14)7-11(2)21-15/h7,12,14H,5-6,8-10,18H2,1-4H3,(H,19,20). The third-order valence-corrected chi connectivity index (χ3v) is 4.35. The maximum absolute atomic E-state index is 12.4. The Labute approximate surface area is 127 Å². The molecule has 1 aliphatic rings. The van der Waals surface area contributed by atoms with Crippen LogP contribution in [0, 0.1) is 18.3 Å². The zero-order chi connectivity index (χ0) is 15.6. The minimum Gasteiger partial charge on any atom is -0.466 e. The molecule has 1 aliphatic carbocycles. The molecule has 2 rings (SSSR count). The van der Waals surface area contributed by atoms with Gasteiger partial charge in [-0.15, -0.1) is 0 Å². The van der Waals surface area contributed by atoms with Crippen LogP contribution in [0.15, 0.2) is 10.5 Å². The molecule has 1 aromatic heterocycles. The number of furan rings is 1. The van der Waals surface area contributed by atoms with E-state index in [1.165, 1.54) is 0 Å². The van der Waals surface area contributed by atoms with Crippen LogP contribution in [0.4, 0.5) is 0 Å². The molecule has 21 heavy (non-hydrogen) atoms. The summed E-state index contributed by atoms with van der Waals surface area (Å²) in [5.74, 6) is 1.93. The minimum atomic E-state index is -0.0866. The molecular weight excluding hydrogens is 264 g/mol. The number of rotatable bonds is 5. The predicted octanol–water partition coefficient (Wildman–Crippen LogP) is 3.09. The SMILES string of the molecule is CCCC(CN)C(=O)NC1CC(C)(C)Cc2oc(C)cc21. The summed E-state index contributed by atoms with van der Waals surface area (Å²) in [6.45, 7) is 8.90. The smallest absolute Gasteiger partial charge is 0.224 e. The predicted molar refractivity (Wildman–Crippen MR) is 83.9 cm³/mol. The Morgan fingerprint density at radius 3 is 2.90 bits per heavy atom. The molecule has 0 saturated heterocycles. The highest BCUT2D eigenvalue weighted by Gasteiger charge is 2.36. The molecule has 0 saturated carbocycles. The van der Waals surface area contributed by atoms with E-state index in [0.29, 0.717) is 6.54 Å². The second kappa shape index (κ2) is 6.22. The van der Waals surface area contributed by atoms with Crippen molar-refractivity contribution in [2.75, 3.05) is 6.54 Å². The fourth-order valence-corrected chi connectivity index (χ4v) is 3.31. The van der Waals surface area contributed by atoms with Crippen LogP contribution in [-0.2, 0) is 11.2 Å². The van der Waals surface area contributed by atoms with Crippen molar-refractivity contribution in [2.24, 2.45) is 17.1 Å². The van der Waals surface area contributed by atoms with Crippen LogP contribution in [-0.4, -0.2) is 12.5 Å². The van der Waals surface area contributed by atoms with Crippen LogP contribution in [0.1, 0.15) is 63.2 Å². The Morgan fingerprint density at radius 1 is 1.57 bits per heavy atom. The van der Waals surface area contributed by atoms with E-state index >= 15 is 0 Å². The van der Waals surface area contributed by atoms with E-state index in [2.05, 4.69) is 32.2 Å². The van der Waals surface area contributed by atoms with Crippen molar-refractivity contribution < 1.29 is 9.21 Å². The summed E-state index contributed by atoms with van der Waals surface area (Å²) >= 11 is 0. The highest BCUT2D eigenvalue weighted by Crippen LogP contribution is 2.42.